The van der Waals surface area contributed by atoms with Crippen molar-refractivity contribution in [2.75, 3.05) is 26.4 Å². The van der Waals surface area contributed by atoms with Gasteiger partial charge < -0.3 is 24.2 Å². The number of carbonyl (C=O) groups is 3. The standard InChI is InChI=1S/C60H105O11P/c1-4-7-10-13-16-19-22-24-26-28-30-32-35-37-40-43-46-49-58(62)67-53-57(71-60(64)51-48-45-42-39-36-33-31-29-27-25-23-20-17-14-11-8-5-2)55-69-72(65,66)68-54-56(52-61)70-59(63)50-47-44-41-38-34-21-18-15-12-9-6-3/h8,11,15,17-18,20,25,27,31,33,39,42,56-57,61H,4-7,9-10,12-14,16,19,21-24,26,28-30,32,34-38,40-41,43-55H2,1-3H3,(H,65,66)/b11-8-,18-15-,20-17-,27-25-,33-31-,42-39-. The zero-order valence-corrected chi connectivity index (χ0v) is 46.8. The Morgan fingerprint density at radius 1 is 0.403 bits per heavy atom. The highest BCUT2D eigenvalue weighted by Crippen LogP contribution is 2.43. The number of aliphatic hydroxyl groups is 1. The van der Waals surface area contributed by atoms with E-state index in [4.69, 9.17) is 23.3 Å². The first-order valence-corrected chi connectivity index (χ1v) is 30.3. The minimum Gasteiger partial charge on any atom is -0.462 e. The van der Waals surface area contributed by atoms with Crippen molar-refractivity contribution < 1.29 is 52.2 Å². The van der Waals surface area contributed by atoms with E-state index < -0.39 is 57.8 Å². The summed E-state index contributed by atoms with van der Waals surface area (Å²) in [6.07, 6.45) is 60.2. The van der Waals surface area contributed by atoms with Gasteiger partial charge in [0.2, 0.25) is 0 Å². The Balaban J connectivity index is 4.80. The number of hydrogen-bond donors (Lipinski definition) is 2. The van der Waals surface area contributed by atoms with Crippen LogP contribution in [0, 0.1) is 0 Å². The number of carbonyl (C=O) groups excluding carboxylic acids is 3. The van der Waals surface area contributed by atoms with Crippen molar-refractivity contribution in [3.05, 3.63) is 72.9 Å². The molecule has 416 valence electrons. The fraction of sp³-hybridized carbons (Fsp3) is 0.750. The lowest BCUT2D eigenvalue weighted by Crippen LogP contribution is -2.30. The SMILES string of the molecule is CC/C=C\C/C=C\C/C=C\C/C=C\C/C=C\CCCC(=O)OC(COC(=O)CCCCCCCCCCCCCCCCCCC)COP(=O)(O)OCC(CO)OC(=O)CCCCCCC/C=C\CCCC. The maximum Gasteiger partial charge on any atom is 0.472 e. The van der Waals surface area contributed by atoms with Crippen molar-refractivity contribution in [3.63, 3.8) is 0 Å². The van der Waals surface area contributed by atoms with E-state index in [0.717, 1.165) is 89.9 Å². The van der Waals surface area contributed by atoms with Crippen LogP contribution in [0.4, 0.5) is 0 Å². The van der Waals surface area contributed by atoms with Crippen molar-refractivity contribution in [2.24, 2.45) is 0 Å². The molecule has 0 aromatic rings. The lowest BCUT2D eigenvalue weighted by Gasteiger charge is -2.21. The molecule has 0 aliphatic carbocycles. The normalized spacial score (nSPS) is 13.9. The molecule has 0 radical (unpaired) electrons. The van der Waals surface area contributed by atoms with Crippen molar-refractivity contribution in [2.45, 2.75) is 264 Å². The Morgan fingerprint density at radius 2 is 0.750 bits per heavy atom. The number of aliphatic hydroxyl groups excluding tert-OH is 1. The highest BCUT2D eigenvalue weighted by Gasteiger charge is 2.28. The Bertz CT molecular complexity index is 1490. The number of hydrogen-bond acceptors (Lipinski definition) is 10. The molecule has 0 aliphatic rings. The van der Waals surface area contributed by atoms with Crippen molar-refractivity contribution in [1.29, 1.82) is 0 Å². The summed E-state index contributed by atoms with van der Waals surface area (Å²) in [6, 6.07) is 0. The van der Waals surface area contributed by atoms with Gasteiger partial charge >= 0.3 is 25.7 Å². The van der Waals surface area contributed by atoms with Gasteiger partial charge in [0.25, 0.3) is 0 Å². The summed E-state index contributed by atoms with van der Waals surface area (Å²) in [7, 11) is -4.76. The molecule has 11 nitrogen and oxygen atoms in total. The predicted molar refractivity (Wildman–Crippen MR) is 298 cm³/mol. The lowest BCUT2D eigenvalue weighted by atomic mass is 10.0. The molecule has 0 aromatic heterocycles. The van der Waals surface area contributed by atoms with Gasteiger partial charge in [0.15, 0.2) is 6.10 Å². The van der Waals surface area contributed by atoms with Gasteiger partial charge in [-0.15, -0.1) is 0 Å². The predicted octanol–water partition coefficient (Wildman–Crippen LogP) is 16.9. The zero-order chi connectivity index (χ0) is 52.7. The molecule has 0 fully saturated rings. The number of phosphoric acid groups is 1. The zero-order valence-electron chi connectivity index (χ0n) is 45.9. The van der Waals surface area contributed by atoms with Gasteiger partial charge in [-0.25, -0.2) is 4.57 Å². The smallest absolute Gasteiger partial charge is 0.462 e. The average Bonchev–Trinajstić information content (AvgIpc) is 3.37. The third-order valence-electron chi connectivity index (χ3n) is 12.1. The summed E-state index contributed by atoms with van der Waals surface area (Å²) >= 11 is 0. The van der Waals surface area contributed by atoms with E-state index in [1.54, 1.807) is 0 Å². The molecule has 2 N–H and O–H groups in total. The number of esters is 3. The van der Waals surface area contributed by atoms with Crippen molar-refractivity contribution >= 4 is 25.7 Å². The van der Waals surface area contributed by atoms with E-state index in [9.17, 15) is 28.9 Å². The highest BCUT2D eigenvalue weighted by atomic mass is 31.2. The quantitative estimate of drug-likeness (QED) is 0.0197. The largest absolute Gasteiger partial charge is 0.472 e. The Labute approximate surface area is 439 Å². The molecule has 0 saturated carbocycles. The van der Waals surface area contributed by atoms with E-state index in [-0.39, 0.29) is 25.9 Å². The molecule has 72 heavy (non-hydrogen) atoms. The van der Waals surface area contributed by atoms with Crippen LogP contribution in [0.15, 0.2) is 72.9 Å². The van der Waals surface area contributed by atoms with E-state index in [2.05, 4.69) is 81.5 Å². The molecule has 0 aliphatic heterocycles. The van der Waals surface area contributed by atoms with Gasteiger partial charge in [0, 0.05) is 19.3 Å². The van der Waals surface area contributed by atoms with Crippen LogP contribution in [-0.4, -0.2) is 66.5 Å². The van der Waals surface area contributed by atoms with E-state index >= 15 is 0 Å². The fourth-order valence-corrected chi connectivity index (χ4v) is 8.51. The third kappa shape index (κ3) is 51.8. The molecular formula is C60H105O11P. The summed E-state index contributed by atoms with van der Waals surface area (Å²) in [5.41, 5.74) is 0. The van der Waals surface area contributed by atoms with Gasteiger partial charge in [0.05, 0.1) is 19.8 Å². The van der Waals surface area contributed by atoms with Crippen LogP contribution < -0.4 is 0 Å². The molecule has 3 atom stereocenters. The molecule has 0 rings (SSSR count). The molecule has 0 spiro atoms. The number of ether oxygens (including phenoxy) is 3. The number of unbranched alkanes of at least 4 members (excludes halogenated alkanes) is 24. The highest BCUT2D eigenvalue weighted by molar-refractivity contribution is 7.47. The first-order valence-electron chi connectivity index (χ1n) is 28.8. The molecule has 3 unspecified atom stereocenters. The van der Waals surface area contributed by atoms with Crippen LogP contribution in [0.5, 0.6) is 0 Å². The van der Waals surface area contributed by atoms with E-state index in [1.807, 2.05) is 12.2 Å². The van der Waals surface area contributed by atoms with Crippen LogP contribution in [0.25, 0.3) is 0 Å². The Kier molecular flexibility index (Phi) is 51.9. The van der Waals surface area contributed by atoms with Crippen LogP contribution >= 0.6 is 7.82 Å². The average molecular weight is 1030 g/mol. The maximum absolute atomic E-state index is 12.9. The van der Waals surface area contributed by atoms with Gasteiger partial charge in [-0.2, -0.15) is 0 Å². The van der Waals surface area contributed by atoms with Gasteiger partial charge in [0.1, 0.15) is 12.7 Å². The molecule has 0 saturated heterocycles. The fourth-order valence-electron chi connectivity index (χ4n) is 7.73. The molecule has 0 heterocycles. The molecule has 0 aromatic carbocycles. The summed E-state index contributed by atoms with van der Waals surface area (Å²) in [4.78, 5) is 48.5. The lowest BCUT2D eigenvalue weighted by molar-refractivity contribution is -0.161. The Hall–Kier alpha value is -3.08. The molecule has 0 amide bonds. The number of phosphoric ester groups is 1. The second kappa shape index (κ2) is 54.2. The molecular weight excluding hydrogens is 928 g/mol. The summed E-state index contributed by atoms with van der Waals surface area (Å²) < 4.78 is 39.4. The summed E-state index contributed by atoms with van der Waals surface area (Å²) in [6.45, 7) is 4.43. The number of rotatable bonds is 53. The van der Waals surface area contributed by atoms with Crippen molar-refractivity contribution in [1.82, 2.24) is 0 Å². The second-order valence-corrected chi connectivity index (χ2v) is 20.5. The third-order valence-corrected chi connectivity index (χ3v) is 13.1. The topological polar surface area (TPSA) is 155 Å². The van der Waals surface area contributed by atoms with Gasteiger partial charge in [-0.1, -0.05) is 229 Å². The van der Waals surface area contributed by atoms with E-state index in [1.165, 1.54) is 96.3 Å². The molecule has 0 bridgehead atoms. The van der Waals surface area contributed by atoms with Crippen LogP contribution in [0.1, 0.15) is 252 Å². The van der Waals surface area contributed by atoms with Gasteiger partial charge in [-0.05, 0) is 77.0 Å². The van der Waals surface area contributed by atoms with Gasteiger partial charge in [-0.3, -0.25) is 23.4 Å². The molecule has 12 heteroatoms. The minimum atomic E-state index is -4.76. The summed E-state index contributed by atoms with van der Waals surface area (Å²) in [5, 5.41) is 9.79. The summed E-state index contributed by atoms with van der Waals surface area (Å²) in [5.74, 6) is -1.54. The second-order valence-electron chi connectivity index (χ2n) is 19.1. The Morgan fingerprint density at radius 3 is 1.22 bits per heavy atom. The minimum absolute atomic E-state index is 0.0889. The van der Waals surface area contributed by atoms with Crippen LogP contribution in [0.2, 0.25) is 0 Å². The van der Waals surface area contributed by atoms with E-state index in [0.29, 0.717) is 25.7 Å². The van der Waals surface area contributed by atoms with Crippen LogP contribution in [-0.2, 0) is 42.2 Å². The maximum atomic E-state index is 12.9. The first kappa shape index (κ1) is 68.9. The monoisotopic (exact) mass is 1030 g/mol. The van der Waals surface area contributed by atoms with Crippen molar-refractivity contribution in [3.8, 4) is 0 Å². The first-order chi connectivity index (χ1) is 35.2. The van der Waals surface area contributed by atoms with Crippen LogP contribution in [0.3, 0.4) is 0 Å². The number of allylic oxidation sites excluding steroid dienone is 12.